The molecule has 0 radical (unpaired) electrons. The zero-order chi connectivity index (χ0) is 13.0. The lowest BCUT2D eigenvalue weighted by Crippen LogP contribution is -2.06. The molecule has 0 saturated carbocycles. The average molecular weight is 252 g/mol. The summed E-state index contributed by atoms with van der Waals surface area (Å²) < 4.78 is 18.6. The molecule has 0 fully saturated rings. The van der Waals surface area contributed by atoms with Crippen LogP contribution in [-0.2, 0) is 16.2 Å². The van der Waals surface area contributed by atoms with Crippen molar-refractivity contribution in [3.8, 4) is 0 Å². The summed E-state index contributed by atoms with van der Waals surface area (Å²) in [6.07, 6.45) is 0.756. The van der Waals surface area contributed by atoms with Crippen molar-refractivity contribution < 1.29 is 19.0 Å². The molecular weight excluding hydrogens is 239 g/mol. The molecule has 0 aliphatic carbocycles. The summed E-state index contributed by atoms with van der Waals surface area (Å²) in [6, 6.07) is 7.13. The first-order valence-corrected chi connectivity index (χ1v) is 5.55. The predicted octanol–water partition coefficient (Wildman–Crippen LogP) is 2.11. The molecule has 0 amide bonds. The van der Waals surface area contributed by atoms with Crippen LogP contribution in [0.15, 0.2) is 24.3 Å². The Kier molecular flexibility index (Phi) is 3.88. The van der Waals surface area contributed by atoms with Crippen molar-refractivity contribution in [1.82, 2.24) is 9.78 Å². The fourth-order valence-electron chi connectivity index (χ4n) is 1.84. The lowest BCUT2D eigenvalue weighted by molar-refractivity contribution is -0.0792. The molecule has 96 valence electrons. The minimum atomic E-state index is -1.07. The number of para-hydroxylation sites is 1. The van der Waals surface area contributed by atoms with Crippen molar-refractivity contribution in [3.63, 3.8) is 0 Å². The van der Waals surface area contributed by atoms with E-state index in [4.69, 9.17) is 4.74 Å². The highest BCUT2D eigenvalue weighted by Gasteiger charge is 2.18. The van der Waals surface area contributed by atoms with Gasteiger partial charge in [0, 0.05) is 30.2 Å². The van der Waals surface area contributed by atoms with Gasteiger partial charge in [-0.3, -0.25) is 4.68 Å². The maximum Gasteiger partial charge on any atom is 0.400 e. The molecule has 1 aromatic heterocycles. The molecule has 0 spiro atoms. The molecule has 5 nitrogen and oxygen atoms in total. The van der Waals surface area contributed by atoms with Gasteiger partial charge in [0.15, 0.2) is 5.69 Å². The van der Waals surface area contributed by atoms with Crippen LogP contribution in [0.3, 0.4) is 0 Å². The summed E-state index contributed by atoms with van der Waals surface area (Å²) in [5, 5.41) is 4.66. The molecule has 1 aromatic carbocycles. The molecule has 0 saturated heterocycles. The van der Waals surface area contributed by atoms with Gasteiger partial charge >= 0.3 is 5.97 Å². The van der Waals surface area contributed by atoms with Crippen LogP contribution < -0.4 is 0 Å². The molecule has 0 unspecified atom stereocenters. The number of halogens is 1. The van der Waals surface area contributed by atoms with Crippen molar-refractivity contribution in [3.05, 3.63) is 30.0 Å². The quantitative estimate of drug-likeness (QED) is 0.765. The number of aryl methyl sites for hydroxylation is 1. The normalized spacial score (nSPS) is 10.8. The Morgan fingerprint density at radius 1 is 1.44 bits per heavy atom. The van der Waals surface area contributed by atoms with Crippen molar-refractivity contribution in [2.45, 2.75) is 13.0 Å². The first kappa shape index (κ1) is 12.5. The van der Waals surface area contributed by atoms with Crippen LogP contribution in [-0.4, -0.2) is 29.5 Å². The number of carbonyl (C=O) groups excluding carboxylic acids is 1. The standard InChI is InChI=1S/C12H13FN2O3/c1-17-8-4-7-15-10-6-3-2-5-9(10)11(14-15)12(16)18-13/h2-3,5-6H,4,7-8H2,1H3. The first-order chi connectivity index (χ1) is 8.77. The van der Waals surface area contributed by atoms with Gasteiger partial charge < -0.3 is 4.74 Å². The Morgan fingerprint density at radius 3 is 2.94 bits per heavy atom. The molecule has 18 heavy (non-hydrogen) atoms. The van der Waals surface area contributed by atoms with Crippen molar-refractivity contribution in [1.29, 1.82) is 0 Å². The van der Waals surface area contributed by atoms with Gasteiger partial charge in [0.05, 0.1) is 5.52 Å². The van der Waals surface area contributed by atoms with Crippen LogP contribution in [0.25, 0.3) is 10.9 Å². The molecule has 0 aliphatic rings. The Morgan fingerprint density at radius 2 is 2.22 bits per heavy atom. The number of methoxy groups -OCH3 is 1. The van der Waals surface area contributed by atoms with Crippen LogP contribution in [0.1, 0.15) is 16.9 Å². The van der Waals surface area contributed by atoms with E-state index in [9.17, 15) is 9.32 Å². The zero-order valence-electron chi connectivity index (χ0n) is 9.93. The molecule has 1 heterocycles. The second-order valence-corrected chi connectivity index (χ2v) is 3.80. The van der Waals surface area contributed by atoms with Crippen molar-refractivity contribution in [2.24, 2.45) is 0 Å². The summed E-state index contributed by atoms with van der Waals surface area (Å²) in [5.74, 6) is -1.07. The largest absolute Gasteiger partial charge is 0.400 e. The molecule has 0 aliphatic heterocycles. The SMILES string of the molecule is COCCCn1nc(C(=O)OF)c2ccccc21. The van der Waals surface area contributed by atoms with E-state index in [0.29, 0.717) is 18.5 Å². The minimum absolute atomic E-state index is 0.00878. The van der Waals surface area contributed by atoms with Crippen LogP contribution in [0, 0.1) is 0 Å². The van der Waals surface area contributed by atoms with Gasteiger partial charge in [-0.05, 0) is 12.5 Å². The van der Waals surface area contributed by atoms with Gasteiger partial charge in [0.1, 0.15) is 0 Å². The Hall–Kier alpha value is -1.95. The first-order valence-electron chi connectivity index (χ1n) is 5.55. The smallest absolute Gasteiger partial charge is 0.385 e. The summed E-state index contributed by atoms with van der Waals surface area (Å²) >= 11 is 0. The molecule has 6 heteroatoms. The Labute approximate surface area is 103 Å². The third-order valence-electron chi connectivity index (χ3n) is 2.64. The summed E-state index contributed by atoms with van der Waals surface area (Å²) in [4.78, 5) is 14.5. The number of benzene rings is 1. The van der Waals surface area contributed by atoms with Gasteiger partial charge in [0.25, 0.3) is 0 Å². The molecule has 0 atom stereocenters. The summed E-state index contributed by atoms with van der Waals surface area (Å²) in [5.41, 5.74) is 0.763. The monoisotopic (exact) mass is 252 g/mol. The van der Waals surface area contributed by atoms with Crippen molar-refractivity contribution in [2.75, 3.05) is 13.7 Å². The van der Waals surface area contributed by atoms with Crippen LogP contribution in [0.4, 0.5) is 4.53 Å². The predicted molar refractivity (Wildman–Crippen MR) is 62.7 cm³/mol. The second-order valence-electron chi connectivity index (χ2n) is 3.80. The van der Waals surface area contributed by atoms with Gasteiger partial charge in [-0.25, -0.2) is 9.74 Å². The van der Waals surface area contributed by atoms with E-state index in [-0.39, 0.29) is 5.69 Å². The number of fused-ring (bicyclic) bond motifs is 1. The summed E-state index contributed by atoms with van der Waals surface area (Å²) in [6.45, 7) is 1.19. The van der Waals surface area contributed by atoms with E-state index in [1.165, 1.54) is 0 Å². The number of rotatable bonds is 5. The Bertz CT molecular complexity index is 553. The maximum absolute atomic E-state index is 12.0. The highest BCUT2D eigenvalue weighted by molar-refractivity contribution is 6.01. The molecular formula is C12H13FN2O3. The third kappa shape index (κ3) is 2.33. The highest BCUT2D eigenvalue weighted by atomic mass is 19.3. The number of aromatic nitrogens is 2. The number of nitrogens with zero attached hydrogens (tertiary/aromatic N) is 2. The van der Waals surface area contributed by atoms with Crippen molar-refractivity contribution >= 4 is 16.9 Å². The fraction of sp³-hybridized carbons (Fsp3) is 0.333. The lowest BCUT2D eigenvalue weighted by Gasteiger charge is -2.02. The van der Waals surface area contributed by atoms with Crippen LogP contribution in [0.2, 0.25) is 0 Å². The fourth-order valence-corrected chi connectivity index (χ4v) is 1.84. The topological polar surface area (TPSA) is 53.4 Å². The van der Waals surface area contributed by atoms with E-state index >= 15 is 0 Å². The number of carbonyl (C=O) groups is 1. The van der Waals surface area contributed by atoms with Crippen LogP contribution in [0.5, 0.6) is 0 Å². The van der Waals surface area contributed by atoms with Crippen LogP contribution >= 0.6 is 0 Å². The van der Waals surface area contributed by atoms with Gasteiger partial charge in [-0.1, -0.05) is 18.2 Å². The number of ether oxygens (including phenoxy) is 1. The molecule has 2 aromatic rings. The average Bonchev–Trinajstić information content (AvgIpc) is 2.78. The zero-order valence-corrected chi connectivity index (χ0v) is 9.93. The van der Waals surface area contributed by atoms with E-state index in [2.05, 4.69) is 10.0 Å². The summed E-state index contributed by atoms with van der Waals surface area (Å²) in [7, 11) is 1.62. The minimum Gasteiger partial charge on any atom is -0.385 e. The van der Waals surface area contributed by atoms with E-state index in [1.54, 1.807) is 23.9 Å². The molecule has 0 N–H and O–H groups in total. The Balaban J connectivity index is 2.38. The van der Waals surface area contributed by atoms with Gasteiger partial charge in [-0.15, -0.1) is 0 Å². The van der Waals surface area contributed by atoms with Gasteiger partial charge in [-0.2, -0.15) is 5.10 Å². The highest BCUT2D eigenvalue weighted by Crippen LogP contribution is 2.19. The van der Waals surface area contributed by atoms with E-state index in [0.717, 1.165) is 11.9 Å². The third-order valence-corrected chi connectivity index (χ3v) is 2.64. The second kappa shape index (κ2) is 5.59. The number of hydrogen-bond donors (Lipinski definition) is 0. The number of hydrogen-bond acceptors (Lipinski definition) is 4. The maximum atomic E-state index is 12.0. The molecule has 0 bridgehead atoms. The lowest BCUT2D eigenvalue weighted by atomic mass is 10.2. The van der Waals surface area contributed by atoms with Gasteiger partial charge in [0.2, 0.25) is 0 Å². The van der Waals surface area contributed by atoms with E-state index in [1.807, 2.05) is 12.1 Å². The molecule has 2 rings (SSSR count). The van der Waals surface area contributed by atoms with E-state index < -0.39 is 5.97 Å².